The van der Waals surface area contributed by atoms with Crippen molar-refractivity contribution in [3.8, 4) is 0 Å². The second-order valence-corrected chi connectivity index (χ2v) is 8.22. The van der Waals surface area contributed by atoms with E-state index < -0.39 is 17.6 Å². The van der Waals surface area contributed by atoms with E-state index in [0.29, 0.717) is 31.1 Å². The maximum absolute atomic E-state index is 13.3. The van der Waals surface area contributed by atoms with Gasteiger partial charge in [0.25, 0.3) is 5.91 Å². The zero-order valence-electron chi connectivity index (χ0n) is 14.8. The maximum atomic E-state index is 13.3. The molecule has 1 aliphatic heterocycles. The third kappa shape index (κ3) is 2.37. The number of fused-ring (bicyclic) bond motifs is 1. The molecule has 1 spiro atoms. The van der Waals surface area contributed by atoms with Gasteiger partial charge in [-0.2, -0.15) is 0 Å². The summed E-state index contributed by atoms with van der Waals surface area (Å²) < 4.78 is 0. The largest absolute Gasteiger partial charge is 0.392 e. The summed E-state index contributed by atoms with van der Waals surface area (Å²) in [6, 6.07) is 10.0. The molecule has 1 amide bonds. The molecule has 2 saturated carbocycles. The fourth-order valence-electron chi connectivity index (χ4n) is 4.73. The van der Waals surface area contributed by atoms with E-state index in [9.17, 15) is 15.0 Å². The highest BCUT2D eigenvalue weighted by atomic mass is 16.3. The van der Waals surface area contributed by atoms with Crippen LogP contribution in [0, 0.1) is 5.41 Å². The van der Waals surface area contributed by atoms with Crippen LogP contribution in [0.15, 0.2) is 30.3 Å². The molecule has 26 heavy (non-hydrogen) atoms. The van der Waals surface area contributed by atoms with Crippen molar-refractivity contribution in [1.29, 1.82) is 0 Å². The lowest BCUT2D eigenvalue weighted by molar-refractivity contribution is -0.188. The lowest BCUT2D eigenvalue weighted by Crippen LogP contribution is -2.64. The van der Waals surface area contributed by atoms with E-state index in [1.165, 1.54) is 0 Å². The molecule has 0 bridgehead atoms. The van der Waals surface area contributed by atoms with Crippen LogP contribution in [0.1, 0.15) is 54.1 Å². The van der Waals surface area contributed by atoms with Gasteiger partial charge < -0.3 is 15.1 Å². The number of aromatic nitrogens is 1. The lowest BCUT2D eigenvalue weighted by Gasteiger charge is -2.55. The highest BCUT2D eigenvalue weighted by Gasteiger charge is 2.56. The molecule has 5 rings (SSSR count). The van der Waals surface area contributed by atoms with Gasteiger partial charge in [-0.05, 0) is 49.3 Å². The monoisotopic (exact) mass is 352 g/mol. The molecule has 2 heterocycles. The predicted octanol–water partition coefficient (Wildman–Crippen LogP) is 2.46. The fraction of sp³-hybridized carbons (Fsp3) is 0.524. The summed E-state index contributed by atoms with van der Waals surface area (Å²) in [5.41, 5.74) is 1.93. The molecule has 2 aliphatic carbocycles. The van der Waals surface area contributed by atoms with Gasteiger partial charge in [0.05, 0.1) is 17.7 Å². The van der Waals surface area contributed by atoms with Crippen LogP contribution in [0.5, 0.6) is 0 Å². The van der Waals surface area contributed by atoms with Crippen LogP contribution in [0.3, 0.4) is 0 Å². The Kier molecular flexibility index (Phi) is 3.59. The van der Waals surface area contributed by atoms with E-state index in [2.05, 4.69) is 6.07 Å². The Morgan fingerprint density at radius 1 is 1.19 bits per heavy atom. The van der Waals surface area contributed by atoms with Crippen molar-refractivity contribution < 1.29 is 15.0 Å². The molecule has 1 aromatic carbocycles. The number of nitrogens with zero attached hydrogens (tertiary/aromatic N) is 2. The number of rotatable bonds is 2. The number of amides is 1. The fourth-order valence-corrected chi connectivity index (χ4v) is 4.73. The van der Waals surface area contributed by atoms with Gasteiger partial charge in [-0.3, -0.25) is 4.79 Å². The van der Waals surface area contributed by atoms with E-state index in [-0.39, 0.29) is 5.91 Å². The second kappa shape index (κ2) is 5.76. The summed E-state index contributed by atoms with van der Waals surface area (Å²) in [5.74, 6) is 0.382. The standard InChI is InChI=1S/C21H24N2O3/c24-17-11-18(25)21(17)8-3-9-23(12-21)20(26)19-15(13-6-7-13)10-14-4-1-2-5-16(14)22-19/h1-2,4-5,10,13,17-18,24-25H,3,6-9,11-12H2. The molecule has 3 fully saturated rings. The number of benzene rings is 1. The van der Waals surface area contributed by atoms with Crippen molar-refractivity contribution in [3.63, 3.8) is 0 Å². The number of hydrogen-bond acceptors (Lipinski definition) is 4. The van der Waals surface area contributed by atoms with Gasteiger partial charge >= 0.3 is 0 Å². The molecule has 1 saturated heterocycles. The summed E-state index contributed by atoms with van der Waals surface area (Å²) in [7, 11) is 0. The first kappa shape index (κ1) is 16.2. The highest BCUT2D eigenvalue weighted by Crippen LogP contribution is 2.48. The molecule has 2 unspecified atom stereocenters. The Hall–Kier alpha value is -1.98. The Bertz CT molecular complexity index is 869. The number of hydrogen-bond donors (Lipinski definition) is 2. The van der Waals surface area contributed by atoms with Gasteiger partial charge in [0, 0.05) is 30.3 Å². The summed E-state index contributed by atoms with van der Waals surface area (Å²) in [6.45, 7) is 1.09. The Balaban J connectivity index is 1.51. The number of aliphatic hydroxyl groups excluding tert-OH is 2. The normalized spacial score (nSPS) is 31.2. The summed E-state index contributed by atoms with van der Waals surface area (Å²) in [4.78, 5) is 19.9. The first-order chi connectivity index (χ1) is 12.6. The lowest BCUT2D eigenvalue weighted by atomic mass is 9.59. The van der Waals surface area contributed by atoms with E-state index in [1.807, 2.05) is 24.3 Å². The number of para-hydroxylation sites is 1. The highest BCUT2D eigenvalue weighted by molar-refractivity contribution is 5.97. The van der Waals surface area contributed by atoms with Crippen LogP contribution in [0.25, 0.3) is 10.9 Å². The van der Waals surface area contributed by atoms with E-state index in [4.69, 9.17) is 4.98 Å². The summed E-state index contributed by atoms with van der Waals surface area (Å²) >= 11 is 0. The molecule has 3 aliphatic rings. The third-order valence-corrected chi connectivity index (χ3v) is 6.59. The van der Waals surface area contributed by atoms with E-state index in [1.54, 1.807) is 4.90 Å². The van der Waals surface area contributed by atoms with Crippen LogP contribution in [-0.4, -0.2) is 51.3 Å². The number of likely N-dealkylation sites (tertiary alicyclic amines) is 1. The van der Waals surface area contributed by atoms with Crippen LogP contribution < -0.4 is 0 Å². The van der Waals surface area contributed by atoms with E-state index in [0.717, 1.165) is 42.1 Å². The molecule has 2 aromatic rings. The van der Waals surface area contributed by atoms with Crippen molar-refractivity contribution in [2.75, 3.05) is 13.1 Å². The molecule has 2 atom stereocenters. The molecule has 5 heteroatoms. The van der Waals surface area contributed by atoms with Crippen molar-refractivity contribution >= 4 is 16.8 Å². The first-order valence-corrected chi connectivity index (χ1v) is 9.63. The van der Waals surface area contributed by atoms with E-state index >= 15 is 0 Å². The topological polar surface area (TPSA) is 73.7 Å². The molecule has 2 N–H and O–H groups in total. The number of pyridine rings is 1. The minimum atomic E-state index is -0.537. The van der Waals surface area contributed by atoms with Crippen LogP contribution >= 0.6 is 0 Å². The average Bonchev–Trinajstić information content (AvgIpc) is 3.52. The number of carbonyl (C=O) groups excluding carboxylic acids is 1. The molecule has 1 aromatic heterocycles. The van der Waals surface area contributed by atoms with Crippen LogP contribution in [0.2, 0.25) is 0 Å². The first-order valence-electron chi connectivity index (χ1n) is 9.63. The molecule has 136 valence electrons. The van der Waals surface area contributed by atoms with Gasteiger partial charge in [0.1, 0.15) is 5.69 Å². The van der Waals surface area contributed by atoms with Gasteiger partial charge in [-0.1, -0.05) is 18.2 Å². The number of carbonyl (C=O) groups is 1. The summed E-state index contributed by atoms with van der Waals surface area (Å²) in [5, 5.41) is 21.6. The van der Waals surface area contributed by atoms with Crippen molar-refractivity contribution in [3.05, 3.63) is 41.6 Å². The SMILES string of the molecule is O=C(c1nc2ccccc2cc1C1CC1)N1CCCC2(C1)C(O)CC2O. The zero-order chi connectivity index (χ0) is 17.9. The van der Waals surface area contributed by atoms with Gasteiger partial charge in [-0.25, -0.2) is 4.98 Å². The molecule has 0 radical (unpaired) electrons. The molecule has 5 nitrogen and oxygen atoms in total. The predicted molar refractivity (Wildman–Crippen MR) is 97.9 cm³/mol. The smallest absolute Gasteiger partial charge is 0.272 e. The minimum absolute atomic E-state index is 0.0528. The number of aliphatic hydroxyl groups is 2. The number of piperidine rings is 1. The van der Waals surface area contributed by atoms with Gasteiger partial charge in [-0.15, -0.1) is 0 Å². The molecular weight excluding hydrogens is 328 g/mol. The molecular formula is C21H24N2O3. The van der Waals surface area contributed by atoms with Crippen molar-refractivity contribution in [1.82, 2.24) is 9.88 Å². The quantitative estimate of drug-likeness (QED) is 0.871. The third-order valence-electron chi connectivity index (χ3n) is 6.59. The van der Waals surface area contributed by atoms with Crippen molar-refractivity contribution in [2.24, 2.45) is 5.41 Å². The Morgan fingerprint density at radius 2 is 1.96 bits per heavy atom. The van der Waals surface area contributed by atoms with Crippen LogP contribution in [-0.2, 0) is 0 Å². The summed E-state index contributed by atoms with van der Waals surface area (Å²) in [6.07, 6.45) is 3.21. The average molecular weight is 352 g/mol. The second-order valence-electron chi connectivity index (χ2n) is 8.22. The Morgan fingerprint density at radius 3 is 2.69 bits per heavy atom. The van der Waals surface area contributed by atoms with Gasteiger partial charge in [0.2, 0.25) is 0 Å². The van der Waals surface area contributed by atoms with Crippen molar-refractivity contribution in [2.45, 2.75) is 50.2 Å². The Labute approximate surface area is 152 Å². The maximum Gasteiger partial charge on any atom is 0.272 e. The zero-order valence-corrected chi connectivity index (χ0v) is 14.8. The van der Waals surface area contributed by atoms with Gasteiger partial charge in [0.15, 0.2) is 0 Å². The minimum Gasteiger partial charge on any atom is -0.392 e. The van der Waals surface area contributed by atoms with Crippen LogP contribution in [0.4, 0.5) is 0 Å².